The molecule has 1 aromatic carbocycles. The lowest BCUT2D eigenvalue weighted by Crippen LogP contribution is -2.28. The molecule has 0 saturated heterocycles. The molecule has 4 nitrogen and oxygen atoms in total. The van der Waals surface area contributed by atoms with Crippen molar-refractivity contribution in [2.24, 2.45) is 5.41 Å². The molecule has 126 valence electrons. The first-order valence-corrected chi connectivity index (χ1v) is 8.49. The summed E-state index contributed by atoms with van der Waals surface area (Å²) in [6.07, 6.45) is 1.34. The van der Waals surface area contributed by atoms with E-state index in [0.717, 1.165) is 34.6 Å². The molecule has 3 aromatic rings. The number of hydrogen-bond donors (Lipinski definition) is 0. The second kappa shape index (κ2) is 5.66. The quantitative estimate of drug-likeness (QED) is 0.672. The van der Waals surface area contributed by atoms with Crippen LogP contribution in [0, 0.1) is 12.3 Å². The Kier molecular flexibility index (Phi) is 3.57. The van der Waals surface area contributed by atoms with E-state index < -0.39 is 0 Å². The lowest BCUT2D eigenvalue weighted by molar-refractivity contribution is 0.0910. The van der Waals surface area contributed by atoms with Crippen LogP contribution in [-0.2, 0) is 6.42 Å². The van der Waals surface area contributed by atoms with Gasteiger partial charge in [0.05, 0.1) is 17.1 Å². The highest BCUT2D eigenvalue weighted by atomic mass is 16.5. The number of aryl methyl sites for hydroxylation is 1. The molecule has 4 rings (SSSR count). The van der Waals surface area contributed by atoms with Gasteiger partial charge in [-0.1, -0.05) is 49.3 Å². The number of aromatic nitrogens is 2. The van der Waals surface area contributed by atoms with Crippen LogP contribution in [0.3, 0.4) is 0 Å². The number of ketones is 1. The van der Waals surface area contributed by atoms with Crippen molar-refractivity contribution in [2.45, 2.75) is 33.6 Å². The van der Waals surface area contributed by atoms with Crippen LogP contribution in [0.1, 0.15) is 42.0 Å². The molecule has 0 spiro atoms. The number of carbonyl (C=O) groups excluding carboxylic acids is 1. The summed E-state index contributed by atoms with van der Waals surface area (Å²) in [4.78, 5) is 17.6. The van der Waals surface area contributed by atoms with Gasteiger partial charge in [-0.15, -0.1) is 0 Å². The van der Waals surface area contributed by atoms with Crippen LogP contribution in [0.5, 0.6) is 0 Å². The lowest BCUT2D eigenvalue weighted by Gasteiger charge is -2.30. The SMILES string of the molecule is Cc1cc(-c2cc3c(nc2-c2ccccc2)CC(C)(C)CC3=O)on1. The van der Waals surface area contributed by atoms with Crippen LogP contribution in [-0.4, -0.2) is 15.9 Å². The zero-order valence-corrected chi connectivity index (χ0v) is 14.7. The molecule has 0 bridgehead atoms. The predicted octanol–water partition coefficient (Wildman–Crippen LogP) is 4.87. The average molecular weight is 332 g/mol. The van der Waals surface area contributed by atoms with E-state index >= 15 is 0 Å². The van der Waals surface area contributed by atoms with Crippen molar-refractivity contribution in [2.75, 3.05) is 0 Å². The van der Waals surface area contributed by atoms with Gasteiger partial charge in [0.1, 0.15) is 0 Å². The van der Waals surface area contributed by atoms with Crippen molar-refractivity contribution in [1.29, 1.82) is 0 Å². The number of nitrogens with zero attached hydrogens (tertiary/aromatic N) is 2. The van der Waals surface area contributed by atoms with E-state index in [1.54, 1.807) is 0 Å². The minimum Gasteiger partial charge on any atom is -0.356 e. The highest BCUT2D eigenvalue weighted by molar-refractivity contribution is 6.00. The summed E-state index contributed by atoms with van der Waals surface area (Å²) in [5.74, 6) is 0.792. The fraction of sp³-hybridized carbons (Fsp3) is 0.286. The molecule has 0 unspecified atom stereocenters. The van der Waals surface area contributed by atoms with Crippen molar-refractivity contribution in [3.63, 3.8) is 0 Å². The molecule has 2 aromatic heterocycles. The molecule has 0 N–H and O–H groups in total. The van der Waals surface area contributed by atoms with E-state index in [0.29, 0.717) is 17.7 Å². The van der Waals surface area contributed by atoms with Crippen LogP contribution >= 0.6 is 0 Å². The van der Waals surface area contributed by atoms with Crippen molar-refractivity contribution in [1.82, 2.24) is 10.1 Å². The second-order valence-electron chi connectivity index (χ2n) is 7.52. The molecule has 1 aliphatic carbocycles. The third-order valence-corrected chi connectivity index (χ3v) is 4.63. The number of hydrogen-bond acceptors (Lipinski definition) is 4. The highest BCUT2D eigenvalue weighted by Crippen LogP contribution is 2.39. The van der Waals surface area contributed by atoms with Gasteiger partial charge < -0.3 is 4.52 Å². The number of Topliss-reactive ketones (excluding diaryl/α,β-unsaturated/α-hetero) is 1. The Labute approximate surface area is 146 Å². The van der Waals surface area contributed by atoms with Gasteiger partial charge in [0.2, 0.25) is 0 Å². The van der Waals surface area contributed by atoms with E-state index in [1.165, 1.54) is 0 Å². The Morgan fingerprint density at radius 1 is 1.04 bits per heavy atom. The molecular formula is C21H20N2O2. The molecule has 0 aliphatic heterocycles. The van der Waals surface area contributed by atoms with Gasteiger partial charge in [-0.05, 0) is 24.8 Å². The Morgan fingerprint density at radius 2 is 1.80 bits per heavy atom. The topological polar surface area (TPSA) is 56.0 Å². The van der Waals surface area contributed by atoms with Crippen molar-refractivity contribution < 1.29 is 9.32 Å². The molecule has 1 aliphatic rings. The van der Waals surface area contributed by atoms with Gasteiger partial charge in [0.15, 0.2) is 11.5 Å². The van der Waals surface area contributed by atoms with Crippen LogP contribution in [0.4, 0.5) is 0 Å². The number of rotatable bonds is 2. The summed E-state index contributed by atoms with van der Waals surface area (Å²) in [5.41, 5.74) is 4.99. The first-order chi connectivity index (χ1) is 11.9. The van der Waals surface area contributed by atoms with E-state index in [-0.39, 0.29) is 11.2 Å². The van der Waals surface area contributed by atoms with E-state index in [4.69, 9.17) is 9.51 Å². The van der Waals surface area contributed by atoms with Gasteiger partial charge in [-0.25, -0.2) is 0 Å². The summed E-state index contributed by atoms with van der Waals surface area (Å²) in [5, 5.41) is 3.99. The molecule has 2 heterocycles. The maximum atomic E-state index is 12.7. The van der Waals surface area contributed by atoms with Gasteiger partial charge >= 0.3 is 0 Å². The molecule has 4 heteroatoms. The van der Waals surface area contributed by atoms with Crippen molar-refractivity contribution in [3.8, 4) is 22.6 Å². The fourth-order valence-electron chi connectivity index (χ4n) is 3.47. The van der Waals surface area contributed by atoms with Gasteiger partial charge in [-0.3, -0.25) is 9.78 Å². The van der Waals surface area contributed by atoms with Gasteiger partial charge in [-0.2, -0.15) is 0 Å². The number of fused-ring (bicyclic) bond motifs is 1. The second-order valence-corrected chi connectivity index (χ2v) is 7.52. The standard InChI is InChI=1S/C21H20N2O2/c1-13-9-19(25-23-13)16-10-15-17(11-21(2,3)12-18(15)24)22-20(16)14-7-5-4-6-8-14/h4-10H,11-12H2,1-3H3. The monoisotopic (exact) mass is 332 g/mol. The zero-order chi connectivity index (χ0) is 17.6. The van der Waals surface area contributed by atoms with Gasteiger partial charge in [0, 0.05) is 29.2 Å². The summed E-state index contributed by atoms with van der Waals surface area (Å²) in [6.45, 7) is 6.12. The molecule has 25 heavy (non-hydrogen) atoms. The molecular weight excluding hydrogens is 312 g/mol. The maximum absolute atomic E-state index is 12.7. The third kappa shape index (κ3) is 2.88. The number of pyridine rings is 1. The average Bonchev–Trinajstić information content (AvgIpc) is 3.00. The van der Waals surface area contributed by atoms with Crippen molar-refractivity contribution >= 4 is 5.78 Å². The minimum absolute atomic E-state index is 0.0601. The third-order valence-electron chi connectivity index (χ3n) is 4.63. The van der Waals surface area contributed by atoms with E-state index in [1.807, 2.05) is 49.4 Å². The Hall–Kier alpha value is -2.75. The van der Waals surface area contributed by atoms with Crippen LogP contribution in [0.15, 0.2) is 47.0 Å². The molecule has 0 radical (unpaired) electrons. The van der Waals surface area contributed by atoms with Crippen LogP contribution in [0.25, 0.3) is 22.6 Å². The minimum atomic E-state index is -0.0601. The molecule has 0 saturated carbocycles. The molecule has 0 fully saturated rings. The summed E-state index contributed by atoms with van der Waals surface area (Å²) >= 11 is 0. The van der Waals surface area contributed by atoms with Gasteiger partial charge in [0.25, 0.3) is 0 Å². The van der Waals surface area contributed by atoms with E-state index in [9.17, 15) is 4.79 Å². The van der Waals surface area contributed by atoms with Crippen LogP contribution in [0.2, 0.25) is 0 Å². The smallest absolute Gasteiger partial charge is 0.169 e. The summed E-state index contributed by atoms with van der Waals surface area (Å²) in [7, 11) is 0. The highest BCUT2D eigenvalue weighted by Gasteiger charge is 2.33. The maximum Gasteiger partial charge on any atom is 0.169 e. The fourth-order valence-corrected chi connectivity index (χ4v) is 3.47. The Morgan fingerprint density at radius 3 is 2.48 bits per heavy atom. The first kappa shape index (κ1) is 15.8. The van der Waals surface area contributed by atoms with Crippen molar-refractivity contribution in [3.05, 3.63) is 59.4 Å². The first-order valence-electron chi connectivity index (χ1n) is 8.49. The summed E-state index contributed by atoms with van der Waals surface area (Å²) < 4.78 is 5.48. The normalized spacial score (nSPS) is 15.9. The largest absolute Gasteiger partial charge is 0.356 e. The number of carbonyl (C=O) groups is 1. The molecule has 0 atom stereocenters. The Balaban J connectivity index is 1.97. The van der Waals surface area contributed by atoms with Crippen LogP contribution < -0.4 is 0 Å². The molecule has 0 amide bonds. The lowest BCUT2D eigenvalue weighted by atomic mass is 9.75. The number of benzene rings is 1. The predicted molar refractivity (Wildman–Crippen MR) is 96.3 cm³/mol. The van der Waals surface area contributed by atoms with E-state index in [2.05, 4.69) is 19.0 Å². The summed E-state index contributed by atoms with van der Waals surface area (Å²) in [6, 6.07) is 13.8. The zero-order valence-electron chi connectivity index (χ0n) is 14.7. The Bertz CT molecular complexity index is 955.